The van der Waals surface area contributed by atoms with Crippen molar-refractivity contribution in [2.24, 2.45) is 0 Å². The molecule has 0 aliphatic heterocycles. The van der Waals surface area contributed by atoms with Crippen molar-refractivity contribution in [1.82, 2.24) is 9.55 Å². The number of aliphatic hydroxyl groups excluding tert-OH is 1. The minimum atomic E-state index is -4.78. The van der Waals surface area contributed by atoms with E-state index in [0.717, 1.165) is 10.6 Å². The lowest BCUT2D eigenvalue weighted by Gasteiger charge is -2.13. The number of rotatable bonds is 4. The zero-order chi connectivity index (χ0) is 23.9. The highest BCUT2D eigenvalue weighted by atomic mass is 19.4. The van der Waals surface area contributed by atoms with Crippen molar-refractivity contribution in [2.45, 2.75) is 12.8 Å². The van der Waals surface area contributed by atoms with E-state index in [1.165, 1.54) is 42.5 Å². The lowest BCUT2D eigenvalue weighted by atomic mass is 10.1. The number of nitrogens with zero attached hydrogens (tertiary/aromatic N) is 2. The molecule has 1 aromatic heterocycles. The normalized spacial score (nSPS) is 11.7. The Balaban J connectivity index is 1.69. The number of halogens is 6. The van der Waals surface area contributed by atoms with Crippen molar-refractivity contribution in [3.63, 3.8) is 0 Å². The number of carbonyl (C=O) groups is 1. The molecule has 1 heterocycles. The van der Waals surface area contributed by atoms with Crippen molar-refractivity contribution >= 4 is 22.6 Å². The molecular formula is C22H13F6N3O2. The van der Waals surface area contributed by atoms with E-state index in [9.17, 15) is 36.2 Å². The molecule has 33 heavy (non-hydrogen) atoms. The molecule has 0 saturated carbocycles. The van der Waals surface area contributed by atoms with Crippen LogP contribution in [0.5, 0.6) is 0 Å². The van der Waals surface area contributed by atoms with Gasteiger partial charge in [0.05, 0.1) is 23.2 Å². The lowest BCUT2D eigenvalue weighted by Crippen LogP contribution is -2.15. The molecule has 0 radical (unpaired) electrons. The van der Waals surface area contributed by atoms with E-state index in [4.69, 9.17) is 0 Å². The summed E-state index contributed by atoms with van der Waals surface area (Å²) in [4.78, 5) is 15.9. The second kappa shape index (κ2) is 8.24. The van der Waals surface area contributed by atoms with E-state index in [1.807, 2.05) is 0 Å². The molecule has 11 heteroatoms. The zero-order valence-electron chi connectivity index (χ0n) is 16.4. The van der Waals surface area contributed by atoms with Crippen molar-refractivity contribution < 1.29 is 36.2 Å². The summed E-state index contributed by atoms with van der Waals surface area (Å²) in [6, 6.07) is 10.6. The third kappa shape index (κ3) is 4.14. The van der Waals surface area contributed by atoms with Gasteiger partial charge in [-0.2, -0.15) is 13.2 Å². The first-order valence-corrected chi connectivity index (χ1v) is 9.35. The van der Waals surface area contributed by atoms with Crippen molar-refractivity contribution in [2.75, 3.05) is 5.32 Å². The number of benzene rings is 3. The number of aromatic nitrogens is 2. The Morgan fingerprint density at radius 3 is 2.30 bits per heavy atom. The van der Waals surface area contributed by atoms with E-state index in [-0.39, 0.29) is 29.0 Å². The first-order valence-electron chi connectivity index (χ1n) is 9.35. The van der Waals surface area contributed by atoms with Crippen LogP contribution in [0.4, 0.5) is 32.0 Å². The number of aliphatic hydroxyl groups is 1. The Morgan fingerprint density at radius 2 is 1.67 bits per heavy atom. The summed E-state index contributed by atoms with van der Waals surface area (Å²) in [5, 5.41) is 11.5. The maximum absolute atomic E-state index is 13.8. The summed E-state index contributed by atoms with van der Waals surface area (Å²) < 4.78 is 81.9. The Hall–Kier alpha value is -3.86. The Kier molecular flexibility index (Phi) is 5.58. The number of amides is 1. The molecule has 1 amide bonds. The molecule has 0 aliphatic carbocycles. The minimum absolute atomic E-state index is 0.0278. The van der Waals surface area contributed by atoms with Gasteiger partial charge in [0.2, 0.25) is 5.82 Å². The summed E-state index contributed by atoms with van der Waals surface area (Å²) in [6.07, 6.45) is -4.78. The van der Waals surface area contributed by atoms with Gasteiger partial charge in [0.25, 0.3) is 5.91 Å². The largest absolute Gasteiger partial charge is 0.450 e. The van der Waals surface area contributed by atoms with E-state index >= 15 is 0 Å². The van der Waals surface area contributed by atoms with Crippen LogP contribution in [0, 0.1) is 17.5 Å². The van der Waals surface area contributed by atoms with E-state index in [1.54, 1.807) is 0 Å². The van der Waals surface area contributed by atoms with Crippen LogP contribution in [0.1, 0.15) is 21.7 Å². The van der Waals surface area contributed by atoms with Crippen LogP contribution in [0.3, 0.4) is 0 Å². The summed E-state index contributed by atoms with van der Waals surface area (Å²) in [7, 11) is 0. The van der Waals surface area contributed by atoms with E-state index < -0.39 is 40.9 Å². The van der Waals surface area contributed by atoms with Crippen LogP contribution >= 0.6 is 0 Å². The van der Waals surface area contributed by atoms with Crippen LogP contribution in [-0.2, 0) is 12.8 Å². The van der Waals surface area contributed by atoms with Crippen LogP contribution in [0.15, 0.2) is 54.6 Å². The van der Waals surface area contributed by atoms with Crippen LogP contribution in [0.2, 0.25) is 0 Å². The number of nitrogens with one attached hydrogen (secondary N) is 1. The molecule has 170 valence electrons. The average molecular weight is 465 g/mol. The van der Waals surface area contributed by atoms with Gasteiger partial charge in [-0.15, -0.1) is 0 Å². The molecule has 0 saturated heterocycles. The lowest BCUT2D eigenvalue weighted by molar-refractivity contribution is -0.145. The highest BCUT2D eigenvalue weighted by molar-refractivity contribution is 6.04. The molecular weight excluding hydrogens is 452 g/mol. The standard InChI is InChI=1S/C22H13F6N3O2/c23-15-7-6-14(18(24)19(15)25)20(33)29-12-2-4-13(5-3-12)31-17-8-1-11(10-32)9-16(17)30-21(31)22(26,27)28/h1-9,32H,10H2,(H,29,33). The van der Waals surface area contributed by atoms with Crippen LogP contribution < -0.4 is 5.32 Å². The number of alkyl halides is 3. The van der Waals surface area contributed by atoms with Crippen molar-refractivity contribution in [3.8, 4) is 5.69 Å². The molecule has 5 nitrogen and oxygen atoms in total. The highest BCUT2D eigenvalue weighted by Crippen LogP contribution is 2.34. The van der Waals surface area contributed by atoms with Gasteiger partial charge in [-0.1, -0.05) is 6.07 Å². The van der Waals surface area contributed by atoms with Gasteiger partial charge in [0.1, 0.15) is 0 Å². The molecule has 2 N–H and O–H groups in total. The van der Waals surface area contributed by atoms with Gasteiger partial charge < -0.3 is 10.4 Å². The van der Waals surface area contributed by atoms with Crippen LogP contribution in [0.25, 0.3) is 16.7 Å². The Labute approximate surface area is 181 Å². The van der Waals surface area contributed by atoms with Gasteiger partial charge in [0.15, 0.2) is 17.5 Å². The number of fused-ring (bicyclic) bond motifs is 1. The molecule has 0 atom stereocenters. The Morgan fingerprint density at radius 1 is 0.970 bits per heavy atom. The smallest absolute Gasteiger partial charge is 0.392 e. The van der Waals surface area contributed by atoms with Crippen molar-refractivity contribution in [3.05, 3.63) is 89.0 Å². The molecule has 0 aliphatic rings. The molecule has 0 unspecified atom stereocenters. The van der Waals surface area contributed by atoms with Gasteiger partial charge >= 0.3 is 6.18 Å². The quantitative estimate of drug-likeness (QED) is 0.321. The van der Waals surface area contributed by atoms with E-state index in [2.05, 4.69) is 10.3 Å². The number of hydrogen-bond donors (Lipinski definition) is 2. The minimum Gasteiger partial charge on any atom is -0.392 e. The van der Waals surface area contributed by atoms with Gasteiger partial charge in [0, 0.05) is 11.4 Å². The third-order valence-corrected chi connectivity index (χ3v) is 4.82. The van der Waals surface area contributed by atoms with E-state index in [0.29, 0.717) is 11.6 Å². The van der Waals surface area contributed by atoms with Crippen LogP contribution in [-0.4, -0.2) is 20.6 Å². The zero-order valence-corrected chi connectivity index (χ0v) is 16.4. The second-order valence-corrected chi connectivity index (χ2v) is 6.97. The number of imidazole rings is 1. The average Bonchev–Trinajstić information content (AvgIpc) is 3.17. The van der Waals surface area contributed by atoms with Gasteiger partial charge in [-0.25, -0.2) is 18.2 Å². The van der Waals surface area contributed by atoms with Gasteiger partial charge in [-0.3, -0.25) is 9.36 Å². The molecule has 0 fully saturated rings. The fourth-order valence-corrected chi connectivity index (χ4v) is 3.27. The molecule has 0 spiro atoms. The first kappa shape index (κ1) is 22.3. The molecule has 4 rings (SSSR count). The van der Waals surface area contributed by atoms with Crippen molar-refractivity contribution in [1.29, 1.82) is 0 Å². The Bertz CT molecular complexity index is 1360. The SMILES string of the molecule is O=C(Nc1ccc(-n2c(C(F)(F)F)nc3cc(CO)ccc32)cc1)c1ccc(F)c(F)c1F. The summed E-state index contributed by atoms with van der Waals surface area (Å²) >= 11 is 0. The number of hydrogen-bond acceptors (Lipinski definition) is 3. The maximum Gasteiger partial charge on any atom is 0.450 e. The fraction of sp³-hybridized carbons (Fsp3) is 0.0909. The molecule has 4 aromatic rings. The second-order valence-electron chi connectivity index (χ2n) is 6.97. The number of carbonyl (C=O) groups excluding carboxylic acids is 1. The van der Waals surface area contributed by atoms with Gasteiger partial charge in [-0.05, 0) is 54.1 Å². The maximum atomic E-state index is 13.8. The first-order chi connectivity index (χ1) is 15.6. The topological polar surface area (TPSA) is 67.2 Å². The monoisotopic (exact) mass is 465 g/mol. The number of anilines is 1. The highest BCUT2D eigenvalue weighted by Gasteiger charge is 2.38. The predicted molar refractivity (Wildman–Crippen MR) is 106 cm³/mol. The molecule has 0 bridgehead atoms. The molecule has 3 aromatic carbocycles. The summed E-state index contributed by atoms with van der Waals surface area (Å²) in [6.45, 7) is -0.364. The fourth-order valence-electron chi connectivity index (χ4n) is 3.27. The summed E-state index contributed by atoms with van der Waals surface area (Å²) in [5.74, 6) is -7.17. The predicted octanol–water partition coefficient (Wildman–Crippen LogP) is 5.21. The third-order valence-electron chi connectivity index (χ3n) is 4.82. The summed E-state index contributed by atoms with van der Waals surface area (Å²) in [5.41, 5.74) is -0.0340.